The van der Waals surface area contributed by atoms with Gasteiger partial charge in [-0.25, -0.2) is 4.39 Å². The van der Waals surface area contributed by atoms with E-state index in [9.17, 15) is 4.39 Å². The van der Waals surface area contributed by atoms with Crippen molar-refractivity contribution in [3.05, 3.63) is 47.9 Å². The van der Waals surface area contributed by atoms with Crippen LogP contribution in [0.25, 0.3) is 10.9 Å². The number of benzene rings is 2. The molecule has 3 aromatic rings. The predicted molar refractivity (Wildman–Crippen MR) is 76.3 cm³/mol. The molecular weight excluding hydrogens is 257 g/mol. The molecule has 0 unspecified atom stereocenters. The number of fused-ring (bicyclic) bond motifs is 1. The molecule has 2 N–H and O–H groups in total. The first-order valence-electron chi connectivity index (χ1n) is 6.20. The van der Waals surface area contributed by atoms with Crippen LogP contribution >= 0.6 is 0 Å². The Bertz CT molecular complexity index is 795. The van der Waals surface area contributed by atoms with Crippen molar-refractivity contribution in [1.29, 1.82) is 0 Å². The molecule has 2 aromatic carbocycles. The number of aryl methyl sites for hydroxylation is 1. The van der Waals surface area contributed by atoms with Crippen LogP contribution < -0.4 is 10.5 Å². The average Bonchev–Trinajstić information content (AvgIpc) is 2.78. The minimum absolute atomic E-state index is 0.340. The second-order valence-corrected chi connectivity index (χ2v) is 4.72. The van der Waals surface area contributed by atoms with Crippen LogP contribution in [0, 0.1) is 12.7 Å². The van der Waals surface area contributed by atoms with E-state index in [2.05, 4.69) is 5.10 Å². The van der Waals surface area contributed by atoms with E-state index < -0.39 is 0 Å². The molecule has 0 aliphatic rings. The van der Waals surface area contributed by atoms with Crippen LogP contribution in [0.5, 0.6) is 11.5 Å². The van der Waals surface area contributed by atoms with Crippen LogP contribution in [0.1, 0.15) is 5.56 Å². The van der Waals surface area contributed by atoms with Gasteiger partial charge in [0.25, 0.3) is 0 Å². The summed E-state index contributed by atoms with van der Waals surface area (Å²) in [5.74, 6) is 0.588. The molecule has 0 saturated carbocycles. The highest BCUT2D eigenvalue weighted by molar-refractivity contribution is 5.79. The molecule has 0 atom stereocenters. The Balaban J connectivity index is 2.03. The van der Waals surface area contributed by atoms with Gasteiger partial charge in [0.1, 0.15) is 11.6 Å². The Kier molecular flexibility index (Phi) is 2.82. The Hall–Kier alpha value is -2.56. The third-order valence-electron chi connectivity index (χ3n) is 3.18. The molecule has 0 amide bonds. The van der Waals surface area contributed by atoms with Crippen molar-refractivity contribution < 1.29 is 9.13 Å². The Morgan fingerprint density at radius 2 is 2.05 bits per heavy atom. The second kappa shape index (κ2) is 4.52. The fourth-order valence-electron chi connectivity index (χ4n) is 2.12. The molecule has 5 heteroatoms. The Labute approximate surface area is 115 Å². The monoisotopic (exact) mass is 271 g/mol. The van der Waals surface area contributed by atoms with Gasteiger partial charge < -0.3 is 10.5 Å². The molecule has 0 saturated heterocycles. The highest BCUT2D eigenvalue weighted by Crippen LogP contribution is 2.33. The first-order valence-corrected chi connectivity index (χ1v) is 6.20. The van der Waals surface area contributed by atoms with Crippen molar-refractivity contribution in [2.75, 3.05) is 5.73 Å². The largest absolute Gasteiger partial charge is 0.455 e. The summed E-state index contributed by atoms with van der Waals surface area (Å²) in [5.41, 5.74) is 7.46. The lowest BCUT2D eigenvalue weighted by molar-refractivity contribution is 0.474. The first-order chi connectivity index (χ1) is 9.54. The lowest BCUT2D eigenvalue weighted by Crippen LogP contribution is -1.97. The molecule has 0 aliphatic heterocycles. The van der Waals surface area contributed by atoms with Gasteiger partial charge in [-0.05, 0) is 31.2 Å². The van der Waals surface area contributed by atoms with Crippen LogP contribution in [0.2, 0.25) is 0 Å². The summed E-state index contributed by atoms with van der Waals surface area (Å²) in [4.78, 5) is 0. The van der Waals surface area contributed by atoms with Gasteiger partial charge in [-0.3, -0.25) is 4.68 Å². The summed E-state index contributed by atoms with van der Waals surface area (Å²) in [6.45, 7) is 1.64. The first kappa shape index (κ1) is 12.5. The summed E-state index contributed by atoms with van der Waals surface area (Å²) in [6.07, 6.45) is 1.92. The number of halogens is 1. The van der Waals surface area contributed by atoms with Gasteiger partial charge in [0.05, 0.1) is 11.2 Å². The summed E-state index contributed by atoms with van der Waals surface area (Å²) in [6, 6.07) is 8.35. The number of hydrogen-bond acceptors (Lipinski definition) is 3. The maximum atomic E-state index is 13.6. The number of nitrogens with two attached hydrogens (primary N) is 1. The molecule has 20 heavy (non-hydrogen) atoms. The topological polar surface area (TPSA) is 53.1 Å². The van der Waals surface area contributed by atoms with Crippen molar-refractivity contribution in [2.45, 2.75) is 6.92 Å². The predicted octanol–water partition coefficient (Wildman–Crippen LogP) is 3.40. The summed E-state index contributed by atoms with van der Waals surface area (Å²) < 4.78 is 21.0. The lowest BCUT2D eigenvalue weighted by Gasteiger charge is -2.11. The number of anilines is 1. The summed E-state index contributed by atoms with van der Waals surface area (Å²) in [5, 5.41) is 5.33. The number of aromatic nitrogens is 2. The van der Waals surface area contributed by atoms with E-state index in [4.69, 9.17) is 10.5 Å². The normalized spacial score (nSPS) is 10.9. The van der Waals surface area contributed by atoms with Gasteiger partial charge in [-0.15, -0.1) is 0 Å². The van der Waals surface area contributed by atoms with E-state index in [1.54, 1.807) is 17.7 Å². The Morgan fingerprint density at radius 1 is 1.25 bits per heavy atom. The van der Waals surface area contributed by atoms with Gasteiger partial charge in [0.2, 0.25) is 0 Å². The lowest BCUT2D eigenvalue weighted by atomic mass is 10.2. The van der Waals surface area contributed by atoms with E-state index in [1.807, 2.05) is 25.4 Å². The van der Waals surface area contributed by atoms with Crippen LogP contribution in [-0.2, 0) is 7.05 Å². The number of nitrogen functional groups attached to an aromatic ring is 1. The van der Waals surface area contributed by atoms with E-state index in [1.165, 1.54) is 12.1 Å². The fourth-order valence-corrected chi connectivity index (χ4v) is 2.12. The van der Waals surface area contributed by atoms with Gasteiger partial charge in [0, 0.05) is 30.3 Å². The van der Waals surface area contributed by atoms with Gasteiger partial charge >= 0.3 is 0 Å². The smallest absolute Gasteiger partial charge is 0.156 e. The SMILES string of the molecule is Cc1c(F)ccc(N)c1Oc1ccc2cn(C)nc2c1. The molecule has 0 radical (unpaired) electrons. The molecular formula is C15H14FN3O. The molecule has 3 rings (SSSR count). The van der Waals surface area contributed by atoms with Crippen molar-refractivity contribution in [3.63, 3.8) is 0 Å². The van der Waals surface area contributed by atoms with E-state index in [0.29, 0.717) is 22.7 Å². The number of hydrogen-bond donors (Lipinski definition) is 1. The van der Waals surface area contributed by atoms with Crippen molar-refractivity contribution in [2.24, 2.45) is 7.05 Å². The summed E-state index contributed by atoms with van der Waals surface area (Å²) >= 11 is 0. The molecule has 0 aliphatic carbocycles. The second-order valence-electron chi connectivity index (χ2n) is 4.72. The van der Waals surface area contributed by atoms with Crippen LogP contribution in [0.3, 0.4) is 0 Å². The molecule has 1 heterocycles. The zero-order valence-corrected chi connectivity index (χ0v) is 11.2. The van der Waals surface area contributed by atoms with Gasteiger partial charge in [-0.2, -0.15) is 5.10 Å². The van der Waals surface area contributed by atoms with Crippen LogP contribution in [-0.4, -0.2) is 9.78 Å². The van der Waals surface area contributed by atoms with Gasteiger partial charge in [-0.1, -0.05) is 0 Å². The quantitative estimate of drug-likeness (QED) is 0.727. The number of nitrogens with zero attached hydrogens (tertiary/aromatic N) is 2. The number of rotatable bonds is 2. The highest BCUT2D eigenvalue weighted by Gasteiger charge is 2.11. The maximum Gasteiger partial charge on any atom is 0.156 e. The van der Waals surface area contributed by atoms with E-state index >= 15 is 0 Å². The third-order valence-corrected chi connectivity index (χ3v) is 3.18. The van der Waals surface area contributed by atoms with Crippen molar-refractivity contribution >= 4 is 16.6 Å². The average molecular weight is 271 g/mol. The third kappa shape index (κ3) is 2.07. The van der Waals surface area contributed by atoms with E-state index in [0.717, 1.165) is 10.9 Å². The molecule has 4 nitrogen and oxygen atoms in total. The van der Waals surface area contributed by atoms with Crippen molar-refractivity contribution in [3.8, 4) is 11.5 Å². The zero-order chi connectivity index (χ0) is 14.3. The molecule has 0 fully saturated rings. The van der Waals surface area contributed by atoms with Crippen LogP contribution in [0.15, 0.2) is 36.5 Å². The van der Waals surface area contributed by atoms with Crippen LogP contribution in [0.4, 0.5) is 10.1 Å². The van der Waals surface area contributed by atoms with Gasteiger partial charge in [0.15, 0.2) is 5.75 Å². The zero-order valence-electron chi connectivity index (χ0n) is 11.2. The Morgan fingerprint density at radius 3 is 2.85 bits per heavy atom. The maximum absolute atomic E-state index is 13.6. The fraction of sp³-hybridized carbons (Fsp3) is 0.133. The highest BCUT2D eigenvalue weighted by atomic mass is 19.1. The summed E-state index contributed by atoms with van der Waals surface area (Å²) in [7, 11) is 1.86. The molecule has 0 bridgehead atoms. The minimum atomic E-state index is -0.340. The molecule has 1 aromatic heterocycles. The minimum Gasteiger partial charge on any atom is -0.455 e. The number of ether oxygens (including phenoxy) is 1. The molecule has 102 valence electrons. The molecule has 0 spiro atoms. The van der Waals surface area contributed by atoms with Crippen molar-refractivity contribution in [1.82, 2.24) is 9.78 Å². The van der Waals surface area contributed by atoms with E-state index in [-0.39, 0.29) is 5.82 Å². The standard InChI is InChI=1S/C15H14FN3O/c1-9-12(16)5-6-13(17)15(9)20-11-4-3-10-8-19(2)18-14(10)7-11/h3-8H,17H2,1-2H3.